The summed E-state index contributed by atoms with van der Waals surface area (Å²) < 4.78 is 38.7. The monoisotopic (exact) mass is 485 g/mol. The fraction of sp³-hybridized carbons (Fsp3) is 0.680. The molecule has 0 bridgehead atoms. The van der Waals surface area contributed by atoms with E-state index in [1.165, 1.54) is 6.07 Å². The van der Waals surface area contributed by atoms with Crippen LogP contribution in [0.4, 0.5) is 13.2 Å². The van der Waals surface area contributed by atoms with E-state index in [2.05, 4.69) is 36.4 Å². The Morgan fingerprint density at radius 1 is 1.18 bits per heavy atom. The van der Waals surface area contributed by atoms with Crippen molar-refractivity contribution in [1.29, 1.82) is 0 Å². The SMILES string of the molecule is CC(C)C(O)C[C@@H]1C[C@H](N(C)C(C)C)CC[C@@H]1NC(=O)CNC(=O)c1cccc(C(F)(F)F)c1. The highest BCUT2D eigenvalue weighted by atomic mass is 19.4. The summed E-state index contributed by atoms with van der Waals surface area (Å²) in [6, 6.07) is 4.71. The van der Waals surface area contributed by atoms with E-state index in [4.69, 9.17) is 0 Å². The first-order valence-corrected chi connectivity index (χ1v) is 11.9. The average Bonchev–Trinajstić information content (AvgIpc) is 2.77. The van der Waals surface area contributed by atoms with Crippen LogP contribution in [0.2, 0.25) is 0 Å². The van der Waals surface area contributed by atoms with Crippen LogP contribution in [-0.4, -0.2) is 59.6 Å². The fourth-order valence-corrected chi connectivity index (χ4v) is 4.42. The Morgan fingerprint density at radius 3 is 2.44 bits per heavy atom. The molecule has 9 heteroatoms. The second-order valence-electron chi connectivity index (χ2n) is 9.97. The van der Waals surface area contributed by atoms with Crippen molar-refractivity contribution in [2.75, 3.05) is 13.6 Å². The maximum absolute atomic E-state index is 12.9. The molecule has 0 aromatic heterocycles. The van der Waals surface area contributed by atoms with Crippen molar-refractivity contribution in [3.05, 3.63) is 35.4 Å². The lowest BCUT2D eigenvalue weighted by Gasteiger charge is -2.42. The molecule has 34 heavy (non-hydrogen) atoms. The van der Waals surface area contributed by atoms with Crippen molar-refractivity contribution in [2.45, 2.75) is 83.8 Å². The molecular formula is C25H38F3N3O3. The molecule has 4 atom stereocenters. The van der Waals surface area contributed by atoms with Gasteiger partial charge < -0.3 is 20.6 Å². The molecule has 192 valence electrons. The minimum atomic E-state index is -4.55. The number of rotatable bonds is 9. The second kappa shape index (κ2) is 12.0. The van der Waals surface area contributed by atoms with Crippen molar-refractivity contribution in [2.24, 2.45) is 11.8 Å². The summed E-state index contributed by atoms with van der Waals surface area (Å²) in [6.45, 7) is 7.86. The Balaban J connectivity index is 1.99. The summed E-state index contributed by atoms with van der Waals surface area (Å²) in [4.78, 5) is 27.2. The number of amides is 2. The number of alkyl halides is 3. The third kappa shape index (κ3) is 7.98. The predicted octanol–water partition coefficient (Wildman–Crippen LogP) is 3.84. The van der Waals surface area contributed by atoms with Crippen LogP contribution in [0.1, 0.15) is 69.3 Å². The number of hydrogen-bond acceptors (Lipinski definition) is 4. The fourth-order valence-electron chi connectivity index (χ4n) is 4.42. The molecule has 1 aromatic carbocycles. The van der Waals surface area contributed by atoms with E-state index in [1.54, 1.807) is 0 Å². The minimum absolute atomic E-state index is 0.0838. The highest BCUT2D eigenvalue weighted by Gasteiger charge is 2.35. The number of hydrogen-bond donors (Lipinski definition) is 3. The van der Waals surface area contributed by atoms with Crippen molar-refractivity contribution < 1.29 is 27.9 Å². The molecule has 1 aliphatic rings. The quantitative estimate of drug-likeness (QED) is 0.497. The van der Waals surface area contributed by atoms with E-state index < -0.39 is 29.7 Å². The van der Waals surface area contributed by atoms with E-state index >= 15 is 0 Å². The van der Waals surface area contributed by atoms with Gasteiger partial charge in [-0.15, -0.1) is 0 Å². The number of nitrogens with one attached hydrogen (secondary N) is 2. The number of benzene rings is 1. The van der Waals surface area contributed by atoms with Gasteiger partial charge in [0.15, 0.2) is 0 Å². The average molecular weight is 486 g/mol. The van der Waals surface area contributed by atoms with E-state index in [0.717, 1.165) is 37.5 Å². The summed E-state index contributed by atoms with van der Waals surface area (Å²) in [5.74, 6) is -0.952. The van der Waals surface area contributed by atoms with Crippen LogP contribution in [0.3, 0.4) is 0 Å². The van der Waals surface area contributed by atoms with Crippen molar-refractivity contribution in [3.63, 3.8) is 0 Å². The second-order valence-corrected chi connectivity index (χ2v) is 9.97. The topological polar surface area (TPSA) is 81.7 Å². The molecule has 1 fully saturated rings. The van der Waals surface area contributed by atoms with Crippen LogP contribution in [0.25, 0.3) is 0 Å². The molecule has 0 aliphatic heterocycles. The van der Waals surface area contributed by atoms with Crippen molar-refractivity contribution in [3.8, 4) is 0 Å². The number of halogens is 3. The van der Waals surface area contributed by atoms with Gasteiger partial charge in [0.05, 0.1) is 18.2 Å². The smallest absolute Gasteiger partial charge is 0.393 e. The molecule has 3 N–H and O–H groups in total. The standard InChI is InChI=1S/C25H38F3N3O3/c1-15(2)22(32)13-18-12-20(31(5)16(3)4)9-10-21(18)30-23(33)14-29-24(34)17-7-6-8-19(11-17)25(26,27)28/h6-8,11,15-16,18,20-22,32H,9-10,12-14H2,1-5H3,(H,29,34)(H,30,33)/t18-,20+,21-,22?/m0/s1. The zero-order chi connectivity index (χ0) is 25.6. The largest absolute Gasteiger partial charge is 0.416 e. The summed E-state index contributed by atoms with van der Waals surface area (Å²) in [5, 5.41) is 15.9. The normalized spacial score (nSPS) is 22.2. The van der Waals surface area contributed by atoms with E-state index in [9.17, 15) is 27.9 Å². The first kappa shape index (κ1) is 28.1. The van der Waals surface area contributed by atoms with Crippen LogP contribution < -0.4 is 10.6 Å². The Bertz CT molecular complexity index is 829. The van der Waals surface area contributed by atoms with Crippen molar-refractivity contribution >= 4 is 11.8 Å². The zero-order valence-electron chi connectivity index (χ0n) is 20.7. The van der Waals surface area contributed by atoms with Gasteiger partial charge in [-0.3, -0.25) is 9.59 Å². The number of aliphatic hydroxyl groups excluding tert-OH is 1. The van der Waals surface area contributed by atoms with Crippen LogP contribution in [0, 0.1) is 11.8 Å². The molecule has 1 saturated carbocycles. The Morgan fingerprint density at radius 2 is 1.85 bits per heavy atom. The van der Waals surface area contributed by atoms with Gasteiger partial charge in [-0.2, -0.15) is 13.2 Å². The first-order valence-electron chi connectivity index (χ1n) is 11.9. The lowest BCUT2D eigenvalue weighted by atomic mass is 9.76. The highest BCUT2D eigenvalue weighted by Crippen LogP contribution is 2.33. The maximum Gasteiger partial charge on any atom is 0.416 e. The number of carbonyl (C=O) groups is 2. The van der Waals surface area contributed by atoms with Crippen LogP contribution in [0.15, 0.2) is 24.3 Å². The molecule has 0 heterocycles. The summed E-state index contributed by atoms with van der Waals surface area (Å²) in [6.07, 6.45) is -1.95. The minimum Gasteiger partial charge on any atom is -0.393 e. The lowest BCUT2D eigenvalue weighted by molar-refractivity contribution is -0.137. The summed E-state index contributed by atoms with van der Waals surface area (Å²) >= 11 is 0. The van der Waals surface area contributed by atoms with E-state index in [0.29, 0.717) is 18.5 Å². The van der Waals surface area contributed by atoms with Gasteiger partial charge in [0.2, 0.25) is 5.91 Å². The molecule has 2 rings (SSSR count). The molecule has 2 amide bonds. The molecule has 1 unspecified atom stereocenters. The van der Waals surface area contributed by atoms with Gasteiger partial charge in [-0.05, 0) is 76.6 Å². The predicted molar refractivity (Wildman–Crippen MR) is 125 cm³/mol. The van der Waals surface area contributed by atoms with Gasteiger partial charge in [0, 0.05) is 23.7 Å². The third-order valence-electron chi connectivity index (χ3n) is 6.87. The number of aliphatic hydroxyl groups is 1. The Hall–Kier alpha value is -2.13. The first-order chi connectivity index (χ1) is 15.8. The zero-order valence-corrected chi connectivity index (χ0v) is 20.7. The van der Waals surface area contributed by atoms with E-state index in [1.807, 2.05) is 13.8 Å². The maximum atomic E-state index is 12.9. The van der Waals surface area contributed by atoms with Gasteiger partial charge in [0.25, 0.3) is 5.91 Å². The number of carbonyl (C=O) groups excluding carboxylic acids is 2. The van der Waals surface area contributed by atoms with Crippen LogP contribution in [0.5, 0.6) is 0 Å². The van der Waals surface area contributed by atoms with E-state index in [-0.39, 0.29) is 30.0 Å². The van der Waals surface area contributed by atoms with Gasteiger partial charge in [0.1, 0.15) is 0 Å². The third-order valence-corrected chi connectivity index (χ3v) is 6.87. The molecule has 6 nitrogen and oxygen atoms in total. The van der Waals surface area contributed by atoms with Crippen LogP contribution >= 0.6 is 0 Å². The molecule has 0 saturated heterocycles. The van der Waals surface area contributed by atoms with Crippen LogP contribution in [-0.2, 0) is 11.0 Å². The Labute approximate surface area is 200 Å². The molecule has 0 radical (unpaired) electrons. The van der Waals surface area contributed by atoms with Gasteiger partial charge >= 0.3 is 6.18 Å². The number of nitrogens with zero attached hydrogens (tertiary/aromatic N) is 1. The molecular weight excluding hydrogens is 447 g/mol. The molecule has 1 aliphatic carbocycles. The molecule has 0 spiro atoms. The van der Waals surface area contributed by atoms with Gasteiger partial charge in [-0.1, -0.05) is 19.9 Å². The lowest BCUT2D eigenvalue weighted by Crippen LogP contribution is -2.51. The van der Waals surface area contributed by atoms with Gasteiger partial charge in [-0.25, -0.2) is 0 Å². The summed E-state index contributed by atoms with van der Waals surface area (Å²) in [7, 11) is 2.09. The summed E-state index contributed by atoms with van der Waals surface area (Å²) in [5.41, 5.74) is -1.07. The molecule has 1 aromatic rings. The Kier molecular flexibility index (Phi) is 9.94. The highest BCUT2D eigenvalue weighted by molar-refractivity contribution is 5.96. The van der Waals surface area contributed by atoms with Crippen molar-refractivity contribution in [1.82, 2.24) is 15.5 Å².